The van der Waals surface area contributed by atoms with Gasteiger partial charge in [0.25, 0.3) is 5.85 Å². The first-order chi connectivity index (χ1) is 9.86. The van der Waals surface area contributed by atoms with Gasteiger partial charge in [-0.05, 0) is 19.9 Å². The summed E-state index contributed by atoms with van der Waals surface area (Å²) in [5, 5.41) is 10.7. The van der Waals surface area contributed by atoms with E-state index in [1.54, 1.807) is 25.3 Å². The minimum atomic E-state index is -2.70. The summed E-state index contributed by atoms with van der Waals surface area (Å²) in [5.41, 5.74) is 0.955. The summed E-state index contributed by atoms with van der Waals surface area (Å²) < 4.78 is 21.2. The fourth-order valence-corrected chi connectivity index (χ4v) is 2.29. The van der Waals surface area contributed by atoms with Crippen molar-refractivity contribution >= 4 is 16.9 Å². The van der Waals surface area contributed by atoms with Gasteiger partial charge in [0.15, 0.2) is 6.61 Å². The third kappa shape index (κ3) is 3.08. The SMILES string of the molecule is CCC(=O)OCC(O)(F)c1cn(C(C)C)c2ccccc12. The molecule has 1 aromatic heterocycles. The number of alkyl halides is 1. The Morgan fingerprint density at radius 2 is 2.10 bits per heavy atom. The number of nitrogens with zero attached hydrogens (tertiary/aromatic N) is 1. The van der Waals surface area contributed by atoms with Crippen LogP contribution in [0.5, 0.6) is 0 Å². The zero-order valence-corrected chi connectivity index (χ0v) is 12.5. The third-order valence-electron chi connectivity index (χ3n) is 3.42. The van der Waals surface area contributed by atoms with Crippen LogP contribution in [-0.2, 0) is 15.4 Å². The smallest absolute Gasteiger partial charge is 0.305 e. The Morgan fingerprint density at radius 3 is 2.71 bits per heavy atom. The van der Waals surface area contributed by atoms with Crippen molar-refractivity contribution < 1.29 is 19.0 Å². The lowest BCUT2D eigenvalue weighted by atomic mass is 10.1. The highest BCUT2D eigenvalue weighted by atomic mass is 19.2. The number of halogens is 1. The molecule has 1 atom stereocenters. The number of hydrogen-bond acceptors (Lipinski definition) is 3. The molecule has 2 rings (SSSR count). The molecule has 0 bridgehead atoms. The maximum absolute atomic E-state index is 14.6. The number of ether oxygens (including phenoxy) is 1. The van der Waals surface area contributed by atoms with E-state index < -0.39 is 18.4 Å². The number of benzene rings is 1. The predicted molar refractivity (Wildman–Crippen MR) is 78.6 cm³/mol. The molecule has 1 heterocycles. The molecular weight excluding hydrogens is 273 g/mol. The number of esters is 1. The Balaban J connectivity index is 2.43. The highest BCUT2D eigenvalue weighted by Gasteiger charge is 2.34. The molecule has 0 radical (unpaired) electrons. The molecule has 4 nitrogen and oxygen atoms in total. The first-order valence-electron chi connectivity index (χ1n) is 7.03. The number of fused-ring (bicyclic) bond motifs is 1. The summed E-state index contributed by atoms with van der Waals surface area (Å²) >= 11 is 0. The van der Waals surface area contributed by atoms with Crippen molar-refractivity contribution in [2.45, 2.75) is 39.1 Å². The molecule has 1 N–H and O–H groups in total. The van der Waals surface area contributed by atoms with Crippen molar-refractivity contribution in [1.29, 1.82) is 0 Å². The van der Waals surface area contributed by atoms with Gasteiger partial charge in [-0.1, -0.05) is 25.1 Å². The van der Waals surface area contributed by atoms with E-state index >= 15 is 0 Å². The lowest BCUT2D eigenvalue weighted by Crippen LogP contribution is -2.27. The van der Waals surface area contributed by atoms with E-state index in [1.165, 1.54) is 0 Å². The molecule has 1 unspecified atom stereocenters. The van der Waals surface area contributed by atoms with Crippen molar-refractivity contribution in [2.75, 3.05) is 6.61 Å². The van der Waals surface area contributed by atoms with Gasteiger partial charge in [0.05, 0.1) is 0 Å². The first kappa shape index (κ1) is 15.5. The molecule has 0 spiro atoms. The van der Waals surface area contributed by atoms with E-state index in [0.29, 0.717) is 5.39 Å². The fourth-order valence-electron chi connectivity index (χ4n) is 2.29. The Kier molecular flexibility index (Phi) is 4.32. The van der Waals surface area contributed by atoms with Crippen LogP contribution in [0.4, 0.5) is 4.39 Å². The average Bonchev–Trinajstić information content (AvgIpc) is 2.85. The molecule has 21 heavy (non-hydrogen) atoms. The number of aromatic nitrogens is 1. The molecular formula is C16H20FNO3. The number of aliphatic hydroxyl groups is 1. The molecule has 114 valence electrons. The quantitative estimate of drug-likeness (QED) is 0.861. The monoisotopic (exact) mass is 293 g/mol. The Morgan fingerprint density at radius 1 is 1.43 bits per heavy atom. The molecule has 0 amide bonds. The van der Waals surface area contributed by atoms with Gasteiger partial charge >= 0.3 is 5.97 Å². The second kappa shape index (κ2) is 5.85. The van der Waals surface area contributed by atoms with E-state index in [-0.39, 0.29) is 18.0 Å². The Hall–Kier alpha value is -1.88. The van der Waals surface area contributed by atoms with Gasteiger partial charge in [-0.2, -0.15) is 0 Å². The molecule has 1 aromatic carbocycles. The zero-order valence-electron chi connectivity index (χ0n) is 12.5. The fraction of sp³-hybridized carbons (Fsp3) is 0.438. The first-order valence-corrected chi connectivity index (χ1v) is 7.03. The van der Waals surface area contributed by atoms with Crippen LogP contribution in [0.25, 0.3) is 10.9 Å². The van der Waals surface area contributed by atoms with E-state index in [1.807, 2.05) is 30.5 Å². The topological polar surface area (TPSA) is 51.5 Å². The lowest BCUT2D eigenvalue weighted by molar-refractivity contribution is -0.171. The van der Waals surface area contributed by atoms with Crippen LogP contribution in [0, 0.1) is 0 Å². The van der Waals surface area contributed by atoms with Crippen molar-refractivity contribution in [3.8, 4) is 0 Å². The minimum Gasteiger partial charge on any atom is -0.459 e. The highest BCUT2D eigenvalue weighted by Crippen LogP contribution is 2.33. The summed E-state index contributed by atoms with van der Waals surface area (Å²) in [6.45, 7) is 4.87. The van der Waals surface area contributed by atoms with Gasteiger partial charge in [-0.25, -0.2) is 4.39 Å². The molecule has 0 saturated heterocycles. The van der Waals surface area contributed by atoms with Gasteiger partial charge in [0, 0.05) is 35.1 Å². The maximum atomic E-state index is 14.6. The third-order valence-corrected chi connectivity index (χ3v) is 3.42. The standard InChI is InChI=1S/C16H20FNO3/c1-4-15(19)21-10-16(17,20)13-9-18(11(2)3)14-8-6-5-7-12(13)14/h5-9,11,20H,4,10H2,1-3H3. The van der Waals surface area contributed by atoms with Crippen LogP contribution in [0.1, 0.15) is 38.8 Å². The van der Waals surface area contributed by atoms with E-state index in [4.69, 9.17) is 4.74 Å². The number of carbonyl (C=O) groups is 1. The number of carbonyl (C=O) groups excluding carboxylic acids is 1. The minimum absolute atomic E-state index is 0.121. The molecule has 2 aromatic rings. The molecule has 0 fully saturated rings. The van der Waals surface area contributed by atoms with Gasteiger partial charge in [-0.15, -0.1) is 0 Å². The van der Waals surface area contributed by atoms with Crippen LogP contribution in [0.3, 0.4) is 0 Å². The number of rotatable bonds is 5. The van der Waals surface area contributed by atoms with E-state index in [0.717, 1.165) is 5.52 Å². The Labute approximate surface area is 123 Å². The maximum Gasteiger partial charge on any atom is 0.305 e. The number of para-hydroxylation sites is 1. The Bertz CT molecular complexity index is 646. The van der Waals surface area contributed by atoms with Gasteiger partial charge in [-0.3, -0.25) is 4.79 Å². The summed E-state index contributed by atoms with van der Waals surface area (Å²) in [6.07, 6.45) is 1.72. The second-order valence-corrected chi connectivity index (χ2v) is 5.33. The molecule has 5 heteroatoms. The van der Waals surface area contributed by atoms with Crippen molar-refractivity contribution in [3.63, 3.8) is 0 Å². The zero-order chi connectivity index (χ0) is 15.6. The highest BCUT2D eigenvalue weighted by molar-refractivity contribution is 5.85. The summed E-state index contributed by atoms with van der Waals surface area (Å²) in [4.78, 5) is 11.2. The van der Waals surface area contributed by atoms with Crippen LogP contribution in [0.15, 0.2) is 30.5 Å². The van der Waals surface area contributed by atoms with Crippen molar-refractivity contribution in [3.05, 3.63) is 36.0 Å². The average molecular weight is 293 g/mol. The van der Waals surface area contributed by atoms with Gasteiger partial charge in [0.2, 0.25) is 0 Å². The molecule has 0 saturated carbocycles. The van der Waals surface area contributed by atoms with Crippen LogP contribution in [-0.4, -0.2) is 22.2 Å². The molecule has 0 aliphatic heterocycles. The second-order valence-electron chi connectivity index (χ2n) is 5.33. The number of hydrogen-bond donors (Lipinski definition) is 1. The summed E-state index contributed by atoms with van der Waals surface area (Å²) in [5.74, 6) is -3.25. The van der Waals surface area contributed by atoms with Crippen molar-refractivity contribution in [2.24, 2.45) is 0 Å². The van der Waals surface area contributed by atoms with Crippen molar-refractivity contribution in [1.82, 2.24) is 4.57 Å². The van der Waals surface area contributed by atoms with Crippen LogP contribution < -0.4 is 0 Å². The van der Waals surface area contributed by atoms with E-state index in [2.05, 4.69) is 0 Å². The largest absolute Gasteiger partial charge is 0.459 e. The van der Waals surface area contributed by atoms with Crippen LogP contribution in [0.2, 0.25) is 0 Å². The summed E-state index contributed by atoms with van der Waals surface area (Å²) in [6, 6.07) is 7.38. The van der Waals surface area contributed by atoms with Gasteiger partial charge < -0.3 is 14.4 Å². The summed E-state index contributed by atoms with van der Waals surface area (Å²) in [7, 11) is 0. The molecule has 0 aliphatic rings. The van der Waals surface area contributed by atoms with Crippen LogP contribution >= 0.6 is 0 Å². The predicted octanol–water partition coefficient (Wildman–Crippen LogP) is 3.29. The van der Waals surface area contributed by atoms with Gasteiger partial charge in [0.1, 0.15) is 0 Å². The molecule has 0 aliphatic carbocycles. The van der Waals surface area contributed by atoms with E-state index in [9.17, 15) is 14.3 Å². The normalized spacial score (nSPS) is 14.4. The lowest BCUT2D eigenvalue weighted by Gasteiger charge is -2.18.